The molecule has 2 aromatic rings. The molecule has 0 spiro atoms. The van der Waals surface area contributed by atoms with Crippen LogP contribution in [0.3, 0.4) is 0 Å². The van der Waals surface area contributed by atoms with Crippen LogP contribution in [0.5, 0.6) is 0 Å². The highest BCUT2D eigenvalue weighted by Crippen LogP contribution is 2.28. The molecular formula is C34H54BNO3. The Balaban J connectivity index is 1.32. The van der Waals surface area contributed by atoms with Crippen molar-refractivity contribution < 1.29 is 14.3 Å². The van der Waals surface area contributed by atoms with Crippen LogP contribution in [-0.4, -0.2) is 36.9 Å². The summed E-state index contributed by atoms with van der Waals surface area (Å²) in [4.78, 5) is 2.46. The molecule has 0 aliphatic carbocycles. The van der Waals surface area contributed by atoms with Gasteiger partial charge in [-0.1, -0.05) is 164 Å². The molecule has 3 rings (SSSR count). The molecule has 39 heavy (non-hydrogen) atoms. The van der Waals surface area contributed by atoms with Gasteiger partial charge in [0, 0.05) is 13.1 Å². The Morgan fingerprint density at radius 2 is 0.949 bits per heavy atom. The Morgan fingerprint density at radius 3 is 1.33 bits per heavy atom. The summed E-state index contributed by atoms with van der Waals surface area (Å²) < 4.78 is 12.0. The fraction of sp³-hybridized carbons (Fsp3) is 0.647. The third-order valence-corrected chi connectivity index (χ3v) is 8.08. The van der Waals surface area contributed by atoms with Gasteiger partial charge >= 0.3 is 7.32 Å². The van der Waals surface area contributed by atoms with Crippen molar-refractivity contribution in [1.29, 1.82) is 0 Å². The molecular weight excluding hydrogens is 481 g/mol. The van der Waals surface area contributed by atoms with Crippen LogP contribution in [0.15, 0.2) is 60.7 Å². The van der Waals surface area contributed by atoms with Gasteiger partial charge in [-0.2, -0.15) is 0 Å². The molecule has 0 bridgehead atoms. The van der Waals surface area contributed by atoms with Crippen LogP contribution in [0, 0.1) is 0 Å². The van der Waals surface area contributed by atoms with Crippen molar-refractivity contribution in [2.24, 2.45) is 0 Å². The fourth-order valence-corrected chi connectivity index (χ4v) is 5.71. The summed E-state index contributed by atoms with van der Waals surface area (Å²) in [5.41, 5.74) is 2.16. The van der Waals surface area contributed by atoms with Crippen LogP contribution in [0.4, 0.5) is 0 Å². The van der Waals surface area contributed by atoms with Crippen molar-refractivity contribution in [3.05, 3.63) is 71.8 Å². The zero-order valence-corrected chi connectivity index (χ0v) is 24.7. The summed E-state index contributed by atoms with van der Waals surface area (Å²) in [6.07, 6.45) is 21.7. The largest absolute Gasteiger partial charge is 0.637 e. The van der Waals surface area contributed by atoms with E-state index in [9.17, 15) is 5.02 Å². The van der Waals surface area contributed by atoms with Gasteiger partial charge in [-0.25, -0.2) is 0 Å². The van der Waals surface area contributed by atoms with Crippen molar-refractivity contribution >= 4 is 7.32 Å². The summed E-state index contributed by atoms with van der Waals surface area (Å²) in [6, 6.07) is 20.4. The molecule has 1 aliphatic rings. The highest BCUT2D eigenvalue weighted by Gasteiger charge is 2.33. The summed E-state index contributed by atoms with van der Waals surface area (Å²) in [7, 11) is -1.24. The molecule has 2 atom stereocenters. The minimum atomic E-state index is -1.24. The van der Waals surface area contributed by atoms with Gasteiger partial charge < -0.3 is 14.3 Å². The Bertz CT molecular complexity index is 785. The second-order valence-electron chi connectivity index (χ2n) is 11.4. The van der Waals surface area contributed by atoms with Gasteiger partial charge in [-0.15, -0.1) is 0 Å². The van der Waals surface area contributed by atoms with Gasteiger partial charge in [0.2, 0.25) is 0 Å². The van der Waals surface area contributed by atoms with Crippen molar-refractivity contribution in [3.8, 4) is 0 Å². The Labute approximate surface area is 239 Å². The first-order valence-electron chi connectivity index (χ1n) is 16.1. The zero-order valence-electron chi connectivity index (χ0n) is 24.7. The van der Waals surface area contributed by atoms with E-state index in [-0.39, 0.29) is 12.2 Å². The van der Waals surface area contributed by atoms with Crippen LogP contribution >= 0.6 is 0 Å². The van der Waals surface area contributed by atoms with Gasteiger partial charge in [0.05, 0.1) is 12.2 Å². The number of nitrogens with zero attached hydrogens (tertiary/aromatic N) is 1. The molecule has 216 valence electrons. The lowest BCUT2D eigenvalue weighted by atomic mass is 10.0. The molecule has 4 nitrogen and oxygen atoms in total. The minimum Gasteiger partial charge on any atom is -0.402 e. The number of benzene rings is 2. The average Bonchev–Trinajstić information content (AvgIpc) is 2.96. The average molecular weight is 536 g/mol. The first-order valence-corrected chi connectivity index (χ1v) is 16.1. The van der Waals surface area contributed by atoms with E-state index < -0.39 is 7.32 Å². The third-order valence-electron chi connectivity index (χ3n) is 8.08. The van der Waals surface area contributed by atoms with E-state index in [1.165, 1.54) is 103 Å². The predicted molar refractivity (Wildman–Crippen MR) is 164 cm³/mol. The van der Waals surface area contributed by atoms with E-state index in [0.29, 0.717) is 0 Å². The summed E-state index contributed by atoms with van der Waals surface area (Å²) in [5, 5.41) is 10.5. The first kappa shape index (κ1) is 31.9. The smallest absolute Gasteiger partial charge is 0.402 e. The Hall–Kier alpha value is -1.66. The van der Waals surface area contributed by atoms with E-state index >= 15 is 0 Å². The molecule has 0 aromatic heterocycles. The molecule has 0 amide bonds. The minimum absolute atomic E-state index is 0.209. The maximum absolute atomic E-state index is 10.5. The maximum Gasteiger partial charge on any atom is 0.637 e. The van der Waals surface area contributed by atoms with E-state index in [1.54, 1.807) is 0 Å². The summed E-state index contributed by atoms with van der Waals surface area (Å²) in [5.74, 6) is 0. The number of rotatable bonds is 19. The predicted octanol–water partition coefficient (Wildman–Crippen LogP) is 9.06. The van der Waals surface area contributed by atoms with Crippen molar-refractivity contribution in [1.82, 2.24) is 4.90 Å². The number of hydrogen-bond acceptors (Lipinski definition) is 4. The van der Waals surface area contributed by atoms with Crippen molar-refractivity contribution in [3.63, 3.8) is 0 Å². The van der Waals surface area contributed by atoms with Crippen molar-refractivity contribution in [2.75, 3.05) is 19.6 Å². The maximum atomic E-state index is 10.5. The molecule has 1 N–H and O–H groups in total. The Kier molecular flexibility index (Phi) is 16.6. The monoisotopic (exact) mass is 535 g/mol. The molecule has 0 radical (unpaired) electrons. The molecule has 2 unspecified atom stereocenters. The SMILES string of the molecule is CCCCCCCCCCCCCCCCCCN1CC(c2ccccc2)OB(O)OC(c2ccccc2)C1. The van der Waals surface area contributed by atoms with E-state index in [2.05, 4.69) is 36.1 Å². The molecule has 1 fully saturated rings. The van der Waals surface area contributed by atoms with Crippen LogP contribution in [-0.2, 0) is 9.31 Å². The second-order valence-corrected chi connectivity index (χ2v) is 11.4. The topological polar surface area (TPSA) is 41.9 Å². The van der Waals surface area contributed by atoms with Gasteiger partial charge in [0.15, 0.2) is 0 Å². The fourth-order valence-electron chi connectivity index (χ4n) is 5.71. The Morgan fingerprint density at radius 1 is 0.590 bits per heavy atom. The molecule has 1 aliphatic heterocycles. The lowest BCUT2D eigenvalue weighted by Gasteiger charge is -2.35. The number of unbranched alkanes of at least 4 members (excludes halogenated alkanes) is 15. The van der Waals surface area contributed by atoms with Crippen LogP contribution in [0.1, 0.15) is 133 Å². The number of hydrogen-bond donors (Lipinski definition) is 1. The summed E-state index contributed by atoms with van der Waals surface area (Å²) >= 11 is 0. The summed E-state index contributed by atoms with van der Waals surface area (Å²) in [6.45, 7) is 4.83. The van der Waals surface area contributed by atoms with Crippen LogP contribution in [0.25, 0.3) is 0 Å². The zero-order chi connectivity index (χ0) is 27.4. The normalized spacial score (nSPS) is 18.7. The molecule has 2 aromatic carbocycles. The standard InChI is InChI=1S/C34H54BNO3/c1-2-3-4-5-6-7-8-9-10-11-12-13-14-15-16-23-28-36-29-33(31-24-19-17-20-25-31)38-35(37)39-34(30-36)32-26-21-18-22-27-32/h17-22,24-27,33-34,37H,2-16,23,28-30H2,1H3. The van der Waals surface area contributed by atoms with Crippen LogP contribution < -0.4 is 0 Å². The van der Waals surface area contributed by atoms with E-state index in [4.69, 9.17) is 9.31 Å². The second kappa shape index (κ2) is 20.3. The van der Waals surface area contributed by atoms with E-state index in [0.717, 1.165) is 30.8 Å². The van der Waals surface area contributed by atoms with Gasteiger partial charge in [0.1, 0.15) is 0 Å². The highest BCUT2D eigenvalue weighted by atomic mass is 16.7. The van der Waals surface area contributed by atoms with Gasteiger partial charge in [-0.3, -0.25) is 4.90 Å². The molecule has 1 saturated heterocycles. The van der Waals surface area contributed by atoms with E-state index in [1.807, 2.05) is 36.4 Å². The first-order chi connectivity index (χ1) is 19.3. The lowest BCUT2D eigenvalue weighted by Crippen LogP contribution is -2.42. The molecule has 5 heteroatoms. The molecule has 0 saturated carbocycles. The highest BCUT2D eigenvalue weighted by molar-refractivity contribution is 6.34. The quantitative estimate of drug-likeness (QED) is 0.144. The van der Waals surface area contributed by atoms with Gasteiger partial charge in [0.25, 0.3) is 0 Å². The van der Waals surface area contributed by atoms with Crippen molar-refractivity contribution in [2.45, 2.75) is 122 Å². The molecule has 1 heterocycles. The lowest BCUT2D eigenvalue weighted by molar-refractivity contribution is -0.00830. The van der Waals surface area contributed by atoms with Gasteiger partial charge in [-0.05, 0) is 24.1 Å². The van der Waals surface area contributed by atoms with Crippen LogP contribution in [0.2, 0.25) is 0 Å². The third kappa shape index (κ3) is 13.5.